The van der Waals surface area contributed by atoms with E-state index in [2.05, 4.69) is 0 Å². The van der Waals surface area contributed by atoms with E-state index in [-0.39, 0.29) is 37.6 Å². The Hall–Kier alpha value is -1.64. The molecule has 31 heavy (non-hydrogen) atoms. The van der Waals surface area contributed by atoms with Crippen LogP contribution in [0.4, 0.5) is 4.79 Å². The van der Waals surface area contributed by atoms with E-state index in [1.807, 2.05) is 0 Å². The van der Waals surface area contributed by atoms with E-state index < -0.39 is 13.1 Å². The molecule has 0 unspecified atom stereocenters. The number of halogens is 1. The van der Waals surface area contributed by atoms with Crippen molar-refractivity contribution in [3.05, 3.63) is 29.8 Å². The molecule has 2 amide bonds. The Bertz CT molecular complexity index is 772. The number of carbonyl (C=O) groups excluding carboxylic acids is 2. The SMILES string of the molecule is CCOC(=O)N1CCN(C(=O)[C@@](C)(N)c2ccc(P(=O)(OCC)OCC)cc2)CC1.Cl. The van der Waals surface area contributed by atoms with Gasteiger partial charge in [0.15, 0.2) is 0 Å². The van der Waals surface area contributed by atoms with Gasteiger partial charge in [0.25, 0.3) is 0 Å². The summed E-state index contributed by atoms with van der Waals surface area (Å²) in [6, 6.07) is 6.59. The van der Waals surface area contributed by atoms with Crippen molar-refractivity contribution < 1.29 is 27.9 Å². The quantitative estimate of drug-likeness (QED) is 0.572. The minimum atomic E-state index is -3.40. The first kappa shape index (κ1) is 27.4. The van der Waals surface area contributed by atoms with Crippen LogP contribution in [0.25, 0.3) is 0 Å². The van der Waals surface area contributed by atoms with E-state index in [1.54, 1.807) is 61.8 Å². The summed E-state index contributed by atoms with van der Waals surface area (Å²) in [7, 11) is -3.40. The van der Waals surface area contributed by atoms with Crippen LogP contribution in [0.3, 0.4) is 0 Å². The van der Waals surface area contributed by atoms with Gasteiger partial charge in [0.2, 0.25) is 5.91 Å². The molecule has 0 spiro atoms. The molecule has 1 aliphatic rings. The second-order valence-corrected chi connectivity index (χ2v) is 9.09. The molecule has 0 bridgehead atoms. The Morgan fingerprint density at radius 3 is 1.90 bits per heavy atom. The third-order valence-corrected chi connectivity index (χ3v) is 7.05. The molecule has 11 heteroatoms. The fraction of sp³-hybridized carbons (Fsp3) is 0.600. The summed E-state index contributed by atoms with van der Waals surface area (Å²) in [4.78, 5) is 28.1. The van der Waals surface area contributed by atoms with E-state index in [0.29, 0.717) is 43.7 Å². The minimum absolute atomic E-state index is 0. The number of piperazine rings is 1. The number of nitrogens with zero attached hydrogens (tertiary/aromatic N) is 2. The van der Waals surface area contributed by atoms with Crippen LogP contribution < -0.4 is 11.0 Å². The molecular weight excluding hydrogens is 445 g/mol. The van der Waals surface area contributed by atoms with E-state index in [9.17, 15) is 14.2 Å². The van der Waals surface area contributed by atoms with E-state index in [0.717, 1.165) is 0 Å². The van der Waals surface area contributed by atoms with Crippen molar-refractivity contribution in [2.24, 2.45) is 5.73 Å². The average molecular weight is 478 g/mol. The normalized spacial score (nSPS) is 16.3. The minimum Gasteiger partial charge on any atom is -0.450 e. The molecule has 1 saturated heterocycles. The van der Waals surface area contributed by atoms with Gasteiger partial charge < -0.3 is 29.3 Å². The second-order valence-electron chi connectivity index (χ2n) is 7.06. The number of amides is 2. The van der Waals surface area contributed by atoms with Crippen LogP contribution in [0.2, 0.25) is 0 Å². The highest BCUT2D eigenvalue weighted by Crippen LogP contribution is 2.46. The van der Waals surface area contributed by atoms with E-state index in [1.165, 1.54) is 0 Å². The van der Waals surface area contributed by atoms with Crippen molar-refractivity contribution in [1.29, 1.82) is 0 Å². The van der Waals surface area contributed by atoms with Gasteiger partial charge >= 0.3 is 13.7 Å². The molecule has 2 N–H and O–H groups in total. The third kappa shape index (κ3) is 6.43. The molecule has 1 aliphatic heterocycles. The fourth-order valence-corrected chi connectivity index (χ4v) is 4.84. The maximum atomic E-state index is 13.1. The lowest BCUT2D eigenvalue weighted by atomic mass is 9.91. The Kier molecular flexibility index (Phi) is 10.5. The molecule has 0 saturated carbocycles. The molecule has 2 rings (SSSR count). The van der Waals surface area contributed by atoms with Gasteiger partial charge in [-0.2, -0.15) is 0 Å². The molecule has 1 aromatic rings. The summed E-state index contributed by atoms with van der Waals surface area (Å²) >= 11 is 0. The van der Waals surface area contributed by atoms with Crippen LogP contribution in [0.15, 0.2) is 24.3 Å². The van der Waals surface area contributed by atoms with E-state index >= 15 is 0 Å². The van der Waals surface area contributed by atoms with Crippen molar-refractivity contribution in [3.8, 4) is 0 Å². The highest BCUT2D eigenvalue weighted by Gasteiger charge is 2.37. The summed E-state index contributed by atoms with van der Waals surface area (Å²) in [6.45, 7) is 9.27. The Morgan fingerprint density at radius 1 is 0.968 bits per heavy atom. The maximum Gasteiger partial charge on any atom is 0.409 e. The van der Waals surface area contributed by atoms with Crippen LogP contribution in [0, 0.1) is 0 Å². The van der Waals surface area contributed by atoms with Gasteiger partial charge in [0, 0.05) is 26.2 Å². The van der Waals surface area contributed by atoms with Crippen LogP contribution in [-0.4, -0.2) is 67.8 Å². The summed E-state index contributed by atoms with van der Waals surface area (Å²) in [5.74, 6) is -0.239. The molecule has 1 aromatic carbocycles. The lowest BCUT2D eigenvalue weighted by Crippen LogP contribution is -2.57. The predicted molar refractivity (Wildman–Crippen MR) is 121 cm³/mol. The van der Waals surface area contributed by atoms with Crippen molar-refractivity contribution in [2.45, 2.75) is 33.2 Å². The zero-order valence-corrected chi connectivity index (χ0v) is 20.2. The van der Waals surface area contributed by atoms with Crippen LogP contribution in [0.1, 0.15) is 33.3 Å². The van der Waals surface area contributed by atoms with Crippen molar-refractivity contribution in [2.75, 3.05) is 46.0 Å². The van der Waals surface area contributed by atoms with Gasteiger partial charge in [-0.25, -0.2) is 4.79 Å². The molecule has 0 aromatic heterocycles. The highest BCUT2D eigenvalue weighted by atomic mass is 35.5. The van der Waals surface area contributed by atoms with Crippen LogP contribution in [-0.2, 0) is 28.7 Å². The molecule has 176 valence electrons. The lowest BCUT2D eigenvalue weighted by molar-refractivity contribution is -0.138. The number of carbonyl (C=O) groups is 2. The Balaban J connectivity index is 0.00000480. The van der Waals surface area contributed by atoms with Gasteiger partial charge in [-0.15, -0.1) is 12.4 Å². The van der Waals surface area contributed by atoms with Gasteiger partial charge in [-0.1, -0.05) is 12.1 Å². The zero-order chi connectivity index (χ0) is 22.4. The fourth-order valence-electron chi connectivity index (χ4n) is 3.28. The molecule has 9 nitrogen and oxygen atoms in total. The predicted octanol–water partition coefficient (Wildman–Crippen LogP) is 2.47. The number of ether oxygens (including phenoxy) is 1. The number of rotatable bonds is 8. The van der Waals surface area contributed by atoms with Gasteiger partial charge in [-0.3, -0.25) is 9.36 Å². The standard InChI is InChI=1S/C20H32N3O6P.ClH/c1-5-27-19(25)23-14-12-22(13-15-23)18(24)20(4,21)16-8-10-17(11-9-16)30(26,28-6-2)29-7-3;/h8-11H,5-7,12-15,21H2,1-4H3;1H/t20-;/m0./s1. The molecule has 1 atom stereocenters. The third-order valence-electron chi connectivity index (χ3n) is 4.92. The number of nitrogens with two attached hydrogens (primary N) is 1. The summed E-state index contributed by atoms with van der Waals surface area (Å²) in [6.07, 6.45) is -0.372. The lowest BCUT2D eigenvalue weighted by Gasteiger charge is -2.38. The van der Waals surface area contributed by atoms with Gasteiger partial charge in [-0.05, 0) is 45.4 Å². The monoisotopic (exact) mass is 477 g/mol. The zero-order valence-electron chi connectivity index (χ0n) is 18.5. The van der Waals surface area contributed by atoms with Crippen molar-refractivity contribution in [3.63, 3.8) is 0 Å². The molecule has 1 heterocycles. The molecule has 1 fully saturated rings. The maximum absolute atomic E-state index is 13.1. The number of hydrogen-bond acceptors (Lipinski definition) is 7. The highest BCUT2D eigenvalue weighted by molar-refractivity contribution is 7.62. The number of benzene rings is 1. The van der Waals surface area contributed by atoms with Gasteiger partial charge in [0.1, 0.15) is 5.54 Å². The van der Waals surface area contributed by atoms with E-state index in [4.69, 9.17) is 19.5 Å². The summed E-state index contributed by atoms with van der Waals surface area (Å²) in [5.41, 5.74) is 5.72. The number of hydrogen-bond donors (Lipinski definition) is 1. The Labute approximate surface area is 190 Å². The Morgan fingerprint density at radius 2 is 1.45 bits per heavy atom. The smallest absolute Gasteiger partial charge is 0.409 e. The van der Waals surface area contributed by atoms with Gasteiger partial charge in [0.05, 0.1) is 25.1 Å². The molecular formula is C20H33ClN3O6P. The first-order valence-electron chi connectivity index (χ1n) is 10.2. The van der Waals surface area contributed by atoms with Crippen LogP contribution in [0.5, 0.6) is 0 Å². The average Bonchev–Trinajstić information content (AvgIpc) is 2.74. The summed E-state index contributed by atoms with van der Waals surface area (Å²) in [5, 5.41) is 0.418. The summed E-state index contributed by atoms with van der Waals surface area (Å²) < 4.78 is 28.6. The largest absolute Gasteiger partial charge is 0.450 e. The molecule has 0 radical (unpaired) electrons. The van der Waals surface area contributed by atoms with Crippen molar-refractivity contribution in [1.82, 2.24) is 9.80 Å². The topological polar surface area (TPSA) is 111 Å². The van der Waals surface area contributed by atoms with Crippen molar-refractivity contribution >= 4 is 37.3 Å². The molecule has 0 aliphatic carbocycles. The van der Waals surface area contributed by atoms with Crippen LogP contribution >= 0.6 is 20.0 Å². The second kappa shape index (κ2) is 11.8. The first-order valence-corrected chi connectivity index (χ1v) is 11.7. The first-order chi connectivity index (χ1) is 14.2.